The monoisotopic (exact) mass is 291 g/mol. The van der Waals surface area contributed by atoms with Gasteiger partial charge in [-0.2, -0.15) is 4.31 Å². The average molecular weight is 292 g/mol. The van der Waals surface area contributed by atoms with E-state index in [4.69, 9.17) is 16.3 Å². The zero-order chi connectivity index (χ0) is 13.8. The Morgan fingerprint density at radius 2 is 1.89 bits per heavy atom. The van der Waals surface area contributed by atoms with Crippen molar-refractivity contribution < 1.29 is 13.2 Å². The molecular formula is C12H18ClNO3S. The van der Waals surface area contributed by atoms with Crippen molar-refractivity contribution in [3.8, 4) is 0 Å². The fourth-order valence-corrected chi connectivity index (χ4v) is 2.92. The van der Waals surface area contributed by atoms with Crippen molar-refractivity contribution in [1.29, 1.82) is 0 Å². The molecule has 0 N–H and O–H groups in total. The molecule has 0 aliphatic carbocycles. The summed E-state index contributed by atoms with van der Waals surface area (Å²) in [4.78, 5) is 0. The largest absolute Gasteiger partial charge is 0.384 e. The first-order valence-electron chi connectivity index (χ1n) is 5.58. The summed E-state index contributed by atoms with van der Waals surface area (Å²) in [5.41, 5.74) is 0.905. The molecule has 6 heteroatoms. The summed E-state index contributed by atoms with van der Waals surface area (Å²) in [7, 11) is -0.247. The van der Waals surface area contributed by atoms with Crippen molar-refractivity contribution in [1.82, 2.24) is 4.31 Å². The fourth-order valence-electron chi connectivity index (χ4n) is 1.52. The molecule has 0 amide bonds. The summed E-state index contributed by atoms with van der Waals surface area (Å²) in [6.07, 6.45) is 0. The van der Waals surface area contributed by atoms with E-state index >= 15 is 0 Å². The minimum atomic E-state index is -3.30. The van der Waals surface area contributed by atoms with Crippen molar-refractivity contribution in [2.45, 2.75) is 13.0 Å². The first-order valence-corrected chi connectivity index (χ1v) is 7.57. The standard InChI is InChI=1S/C12H18ClNO3S/c1-10(11-4-6-12(13)7-5-11)14(2)18(15,16)9-8-17-3/h4-7,10H,8-9H2,1-3H3/t10-/m0/s1. The van der Waals surface area contributed by atoms with E-state index < -0.39 is 10.0 Å². The molecule has 0 bridgehead atoms. The van der Waals surface area contributed by atoms with E-state index in [2.05, 4.69) is 0 Å². The van der Waals surface area contributed by atoms with Gasteiger partial charge in [-0.1, -0.05) is 23.7 Å². The molecule has 0 aliphatic heterocycles. The van der Waals surface area contributed by atoms with Gasteiger partial charge in [0.2, 0.25) is 10.0 Å². The van der Waals surface area contributed by atoms with Crippen LogP contribution in [0, 0.1) is 0 Å². The number of nitrogens with zero attached hydrogens (tertiary/aromatic N) is 1. The number of hydrogen-bond donors (Lipinski definition) is 0. The first kappa shape index (κ1) is 15.4. The lowest BCUT2D eigenvalue weighted by Crippen LogP contribution is -2.33. The number of hydrogen-bond acceptors (Lipinski definition) is 3. The fraction of sp³-hybridized carbons (Fsp3) is 0.500. The van der Waals surface area contributed by atoms with Crippen molar-refractivity contribution in [2.24, 2.45) is 0 Å². The van der Waals surface area contributed by atoms with E-state index in [1.54, 1.807) is 19.2 Å². The summed E-state index contributed by atoms with van der Waals surface area (Å²) < 4.78 is 30.1. The van der Waals surface area contributed by atoms with Crippen molar-refractivity contribution in [3.63, 3.8) is 0 Å². The van der Waals surface area contributed by atoms with Crippen LogP contribution in [0.25, 0.3) is 0 Å². The Bertz CT molecular complexity index is 473. The Morgan fingerprint density at radius 1 is 1.33 bits per heavy atom. The predicted molar refractivity (Wildman–Crippen MR) is 73.3 cm³/mol. The van der Waals surface area contributed by atoms with Gasteiger partial charge >= 0.3 is 0 Å². The normalized spacial score (nSPS) is 13.8. The van der Waals surface area contributed by atoms with Crippen LogP contribution in [0.3, 0.4) is 0 Å². The molecule has 0 saturated heterocycles. The molecular weight excluding hydrogens is 274 g/mol. The van der Waals surface area contributed by atoms with Crippen LogP contribution >= 0.6 is 11.6 Å². The number of halogens is 1. The molecule has 0 spiro atoms. The van der Waals surface area contributed by atoms with Gasteiger partial charge in [0.15, 0.2) is 0 Å². The zero-order valence-corrected chi connectivity index (χ0v) is 12.3. The van der Waals surface area contributed by atoms with Crippen LogP contribution in [0.1, 0.15) is 18.5 Å². The highest BCUT2D eigenvalue weighted by Crippen LogP contribution is 2.23. The molecule has 0 saturated carbocycles. The third-order valence-corrected chi connectivity index (χ3v) is 5.01. The van der Waals surface area contributed by atoms with Crippen LogP contribution in [0.2, 0.25) is 5.02 Å². The van der Waals surface area contributed by atoms with E-state index in [0.717, 1.165) is 5.56 Å². The second-order valence-corrected chi connectivity index (χ2v) is 6.64. The maximum Gasteiger partial charge on any atom is 0.216 e. The minimum Gasteiger partial charge on any atom is -0.384 e. The summed E-state index contributed by atoms with van der Waals surface area (Å²) in [6, 6.07) is 6.93. The Balaban J connectivity index is 2.83. The molecule has 0 aromatic heterocycles. The molecule has 0 heterocycles. The van der Waals surface area contributed by atoms with Gasteiger partial charge in [-0.05, 0) is 24.6 Å². The highest BCUT2D eigenvalue weighted by Gasteiger charge is 2.23. The van der Waals surface area contributed by atoms with Gasteiger partial charge in [0.1, 0.15) is 0 Å². The Labute approximate surface area is 114 Å². The van der Waals surface area contributed by atoms with Crippen molar-refractivity contribution >= 4 is 21.6 Å². The summed E-state index contributed by atoms with van der Waals surface area (Å²) in [5, 5.41) is 0.635. The van der Waals surface area contributed by atoms with E-state index in [1.165, 1.54) is 11.4 Å². The van der Waals surface area contributed by atoms with Crippen LogP contribution in [0.5, 0.6) is 0 Å². The first-order chi connectivity index (χ1) is 8.38. The van der Waals surface area contributed by atoms with E-state index in [9.17, 15) is 8.42 Å². The number of benzene rings is 1. The molecule has 0 aliphatic rings. The Hall–Kier alpha value is -0.620. The van der Waals surface area contributed by atoms with Crippen LogP contribution < -0.4 is 0 Å². The third-order valence-electron chi connectivity index (χ3n) is 2.88. The molecule has 4 nitrogen and oxygen atoms in total. The van der Waals surface area contributed by atoms with E-state index in [-0.39, 0.29) is 18.4 Å². The Kier molecular flexibility index (Phi) is 5.59. The van der Waals surface area contributed by atoms with Gasteiger partial charge in [0.05, 0.1) is 12.4 Å². The molecule has 0 radical (unpaired) electrons. The second kappa shape index (κ2) is 6.52. The predicted octanol–water partition coefficient (Wildman–Crippen LogP) is 2.31. The van der Waals surface area contributed by atoms with Gasteiger partial charge in [0, 0.05) is 25.2 Å². The van der Waals surface area contributed by atoms with Crippen LogP contribution in [0.4, 0.5) is 0 Å². The van der Waals surface area contributed by atoms with Gasteiger partial charge in [-0.3, -0.25) is 0 Å². The molecule has 0 unspecified atom stereocenters. The lowest BCUT2D eigenvalue weighted by molar-refractivity contribution is 0.215. The molecule has 1 atom stereocenters. The van der Waals surface area contributed by atoms with E-state index in [0.29, 0.717) is 5.02 Å². The molecule has 18 heavy (non-hydrogen) atoms. The summed E-state index contributed by atoms with van der Waals surface area (Å²) >= 11 is 5.81. The average Bonchev–Trinajstić information content (AvgIpc) is 2.35. The molecule has 1 aromatic carbocycles. The number of rotatable bonds is 6. The SMILES string of the molecule is COCCS(=O)(=O)N(C)[C@@H](C)c1ccc(Cl)cc1. The van der Waals surface area contributed by atoms with Crippen LogP contribution in [0.15, 0.2) is 24.3 Å². The summed E-state index contributed by atoms with van der Waals surface area (Å²) in [6.45, 7) is 2.04. The second-order valence-electron chi connectivity index (χ2n) is 4.05. The van der Waals surface area contributed by atoms with E-state index in [1.807, 2.05) is 19.1 Å². The number of methoxy groups -OCH3 is 1. The van der Waals surface area contributed by atoms with Crippen LogP contribution in [-0.2, 0) is 14.8 Å². The molecule has 1 aromatic rings. The maximum absolute atomic E-state index is 12.0. The maximum atomic E-state index is 12.0. The lowest BCUT2D eigenvalue weighted by atomic mass is 10.1. The molecule has 1 rings (SSSR count). The number of sulfonamides is 1. The minimum absolute atomic E-state index is 0.0159. The molecule has 0 fully saturated rings. The highest BCUT2D eigenvalue weighted by atomic mass is 35.5. The van der Waals surface area contributed by atoms with Gasteiger partial charge < -0.3 is 4.74 Å². The van der Waals surface area contributed by atoms with Crippen LogP contribution in [-0.4, -0.2) is 39.2 Å². The quantitative estimate of drug-likeness (QED) is 0.808. The topological polar surface area (TPSA) is 46.6 Å². The van der Waals surface area contributed by atoms with Crippen molar-refractivity contribution in [3.05, 3.63) is 34.9 Å². The lowest BCUT2D eigenvalue weighted by Gasteiger charge is -2.24. The zero-order valence-electron chi connectivity index (χ0n) is 10.8. The summed E-state index contributed by atoms with van der Waals surface area (Å²) in [5.74, 6) is -0.0159. The number of ether oxygens (including phenoxy) is 1. The molecule has 102 valence electrons. The van der Waals surface area contributed by atoms with Gasteiger partial charge in [-0.25, -0.2) is 8.42 Å². The van der Waals surface area contributed by atoms with Gasteiger partial charge in [-0.15, -0.1) is 0 Å². The smallest absolute Gasteiger partial charge is 0.216 e. The van der Waals surface area contributed by atoms with Crippen molar-refractivity contribution in [2.75, 3.05) is 26.5 Å². The van der Waals surface area contributed by atoms with Gasteiger partial charge in [0.25, 0.3) is 0 Å². The Morgan fingerprint density at radius 3 is 2.39 bits per heavy atom. The highest BCUT2D eigenvalue weighted by molar-refractivity contribution is 7.89. The third kappa shape index (κ3) is 3.95.